The van der Waals surface area contributed by atoms with E-state index in [1.807, 2.05) is 0 Å². The number of likely N-dealkylation sites (N-methyl/N-ethyl adjacent to an activating group) is 1. The average molecular weight is 354 g/mol. The summed E-state index contributed by atoms with van der Waals surface area (Å²) < 4.78 is 7.47. The van der Waals surface area contributed by atoms with Crippen molar-refractivity contribution in [3.63, 3.8) is 0 Å². The van der Waals surface area contributed by atoms with E-state index in [0.717, 1.165) is 23.4 Å². The summed E-state index contributed by atoms with van der Waals surface area (Å²) in [6, 6.07) is 8.99. The van der Waals surface area contributed by atoms with Crippen molar-refractivity contribution in [1.29, 1.82) is 0 Å². The summed E-state index contributed by atoms with van der Waals surface area (Å²) in [5.41, 5.74) is 1.35. The van der Waals surface area contributed by atoms with Gasteiger partial charge in [-0.05, 0) is 56.8 Å². The lowest BCUT2D eigenvalue weighted by Crippen LogP contribution is -2.55. The molecule has 3 heteroatoms. The van der Waals surface area contributed by atoms with E-state index in [0.29, 0.717) is 6.04 Å². The van der Waals surface area contributed by atoms with Gasteiger partial charge in [0.1, 0.15) is 0 Å². The van der Waals surface area contributed by atoms with Crippen LogP contribution in [-0.2, 0) is 11.2 Å². The summed E-state index contributed by atoms with van der Waals surface area (Å²) in [5.74, 6) is 0.753. The van der Waals surface area contributed by atoms with Gasteiger partial charge in [-0.15, -0.1) is 0 Å². The minimum absolute atomic E-state index is 0.0104. The summed E-state index contributed by atoms with van der Waals surface area (Å²) in [6.45, 7) is 5.27. The molecule has 2 rings (SSSR count). The van der Waals surface area contributed by atoms with Gasteiger partial charge in [0.25, 0.3) is 0 Å². The second-order valence-corrected chi connectivity index (χ2v) is 7.29. The van der Waals surface area contributed by atoms with Gasteiger partial charge in [0.2, 0.25) is 0 Å². The van der Waals surface area contributed by atoms with Gasteiger partial charge in [0.05, 0.1) is 5.60 Å². The van der Waals surface area contributed by atoms with Crippen LogP contribution < -0.4 is 5.32 Å². The van der Waals surface area contributed by atoms with E-state index >= 15 is 0 Å². The molecule has 1 N–H and O–H groups in total. The Kier molecular flexibility index (Phi) is 6.27. The maximum atomic E-state index is 6.32. The Hall–Kier alpha value is -0.380. The van der Waals surface area contributed by atoms with Crippen molar-refractivity contribution in [2.45, 2.75) is 57.6 Å². The summed E-state index contributed by atoms with van der Waals surface area (Å²) in [4.78, 5) is 0. The third-order valence-electron chi connectivity index (χ3n) is 4.74. The Morgan fingerprint density at radius 3 is 2.90 bits per heavy atom. The van der Waals surface area contributed by atoms with Crippen molar-refractivity contribution in [2.24, 2.45) is 5.92 Å². The second-order valence-electron chi connectivity index (χ2n) is 6.37. The lowest BCUT2D eigenvalue weighted by Gasteiger charge is -2.45. The molecule has 21 heavy (non-hydrogen) atoms. The summed E-state index contributed by atoms with van der Waals surface area (Å²) >= 11 is 3.57. The first-order valence-corrected chi connectivity index (χ1v) is 8.94. The molecule has 0 spiro atoms. The number of halogens is 1. The third kappa shape index (κ3) is 4.30. The molecule has 3 unspecified atom stereocenters. The van der Waals surface area contributed by atoms with Crippen LogP contribution in [-0.4, -0.2) is 25.3 Å². The predicted molar refractivity (Wildman–Crippen MR) is 92.7 cm³/mol. The molecule has 3 atom stereocenters. The Labute approximate surface area is 137 Å². The van der Waals surface area contributed by atoms with Gasteiger partial charge < -0.3 is 10.1 Å². The van der Waals surface area contributed by atoms with Gasteiger partial charge >= 0.3 is 0 Å². The Bertz CT molecular complexity index is 447. The molecule has 1 fully saturated rings. The zero-order valence-electron chi connectivity index (χ0n) is 13.5. The first-order chi connectivity index (χ1) is 10.1. The molecule has 0 amide bonds. The fourth-order valence-electron chi connectivity index (χ4n) is 3.83. The number of hydrogen-bond acceptors (Lipinski definition) is 2. The number of benzene rings is 1. The molecule has 1 saturated carbocycles. The van der Waals surface area contributed by atoms with Gasteiger partial charge in [-0.25, -0.2) is 0 Å². The molecule has 2 nitrogen and oxygen atoms in total. The highest BCUT2D eigenvalue weighted by Crippen LogP contribution is 2.38. The first-order valence-electron chi connectivity index (χ1n) is 8.15. The summed E-state index contributed by atoms with van der Waals surface area (Å²) in [7, 11) is 2.07. The van der Waals surface area contributed by atoms with E-state index in [1.54, 1.807) is 0 Å². The van der Waals surface area contributed by atoms with E-state index < -0.39 is 0 Å². The van der Waals surface area contributed by atoms with E-state index in [4.69, 9.17) is 4.74 Å². The molecule has 1 aromatic rings. The maximum Gasteiger partial charge on any atom is 0.0840 e. The smallest absolute Gasteiger partial charge is 0.0840 e. The highest BCUT2D eigenvalue weighted by Gasteiger charge is 2.41. The van der Waals surface area contributed by atoms with Crippen molar-refractivity contribution in [3.8, 4) is 0 Å². The van der Waals surface area contributed by atoms with E-state index in [-0.39, 0.29) is 5.60 Å². The summed E-state index contributed by atoms with van der Waals surface area (Å²) in [5, 5.41) is 3.55. The van der Waals surface area contributed by atoms with Crippen LogP contribution in [0, 0.1) is 5.92 Å². The van der Waals surface area contributed by atoms with E-state index in [9.17, 15) is 0 Å². The van der Waals surface area contributed by atoms with Gasteiger partial charge in [-0.1, -0.05) is 47.8 Å². The van der Waals surface area contributed by atoms with Crippen LogP contribution >= 0.6 is 15.9 Å². The lowest BCUT2D eigenvalue weighted by atomic mass is 9.73. The molecule has 1 aliphatic carbocycles. The average Bonchev–Trinajstić information content (AvgIpc) is 2.45. The fraction of sp³-hybridized carbons (Fsp3) is 0.667. The second kappa shape index (κ2) is 7.75. The van der Waals surface area contributed by atoms with Gasteiger partial charge in [0, 0.05) is 17.1 Å². The highest BCUT2D eigenvalue weighted by molar-refractivity contribution is 9.10. The minimum atomic E-state index is -0.0104. The molecule has 1 aromatic carbocycles. The van der Waals surface area contributed by atoms with Crippen LogP contribution in [0.4, 0.5) is 0 Å². The van der Waals surface area contributed by atoms with Crippen LogP contribution in [0.5, 0.6) is 0 Å². The predicted octanol–water partition coefficient (Wildman–Crippen LogP) is 4.57. The quantitative estimate of drug-likeness (QED) is 0.808. The molecule has 118 valence electrons. The monoisotopic (exact) mass is 353 g/mol. The van der Waals surface area contributed by atoms with Crippen molar-refractivity contribution in [1.82, 2.24) is 5.32 Å². The van der Waals surface area contributed by atoms with Gasteiger partial charge in [0.15, 0.2) is 0 Å². The number of nitrogens with one attached hydrogen (secondary N) is 1. The number of ether oxygens (including phenoxy) is 1. The van der Waals surface area contributed by atoms with Crippen LogP contribution in [0.1, 0.15) is 45.1 Å². The topological polar surface area (TPSA) is 21.3 Å². The molecular weight excluding hydrogens is 326 g/mol. The largest absolute Gasteiger partial charge is 0.374 e. The SMILES string of the molecule is CCOC1(C(Cc2cccc(Br)c2)NC)CCCC(C)C1. The molecular formula is C18H28BrNO. The van der Waals surface area contributed by atoms with Crippen molar-refractivity contribution < 1.29 is 4.74 Å². The standard InChI is InChI=1S/C18H28BrNO/c1-4-21-18(10-6-7-14(2)13-18)17(20-3)12-15-8-5-9-16(19)11-15/h5,8-9,11,14,17,20H,4,6-7,10,12-13H2,1-3H3. The van der Waals surface area contributed by atoms with Gasteiger partial charge in [-0.2, -0.15) is 0 Å². The van der Waals surface area contributed by atoms with Gasteiger partial charge in [-0.3, -0.25) is 0 Å². The van der Waals surface area contributed by atoms with Crippen molar-refractivity contribution >= 4 is 15.9 Å². The molecule has 0 heterocycles. The highest BCUT2D eigenvalue weighted by atomic mass is 79.9. The molecule has 0 radical (unpaired) electrons. The molecule has 0 aliphatic heterocycles. The van der Waals surface area contributed by atoms with Crippen molar-refractivity contribution in [3.05, 3.63) is 34.3 Å². The summed E-state index contributed by atoms with van der Waals surface area (Å²) in [6.07, 6.45) is 5.97. The van der Waals surface area contributed by atoms with Crippen LogP contribution in [0.2, 0.25) is 0 Å². The number of hydrogen-bond donors (Lipinski definition) is 1. The molecule has 0 saturated heterocycles. The zero-order chi connectivity index (χ0) is 15.3. The molecule has 1 aliphatic rings. The molecule has 0 aromatic heterocycles. The Morgan fingerprint density at radius 1 is 1.48 bits per heavy atom. The van der Waals surface area contributed by atoms with Crippen LogP contribution in [0.3, 0.4) is 0 Å². The minimum Gasteiger partial charge on any atom is -0.374 e. The maximum absolute atomic E-state index is 6.32. The third-order valence-corrected chi connectivity index (χ3v) is 5.23. The first kappa shape index (κ1) is 17.0. The lowest BCUT2D eigenvalue weighted by molar-refractivity contribution is -0.0988. The van der Waals surface area contributed by atoms with E-state index in [1.165, 1.54) is 31.2 Å². The van der Waals surface area contributed by atoms with Crippen LogP contribution in [0.15, 0.2) is 28.7 Å². The fourth-order valence-corrected chi connectivity index (χ4v) is 4.28. The Morgan fingerprint density at radius 2 is 2.29 bits per heavy atom. The molecule has 0 bridgehead atoms. The normalized spacial score (nSPS) is 27.5. The van der Waals surface area contributed by atoms with E-state index in [2.05, 4.69) is 66.4 Å². The number of rotatable bonds is 6. The van der Waals surface area contributed by atoms with Crippen molar-refractivity contribution in [2.75, 3.05) is 13.7 Å². The van der Waals surface area contributed by atoms with Crippen LogP contribution in [0.25, 0.3) is 0 Å². The Balaban J connectivity index is 2.19. The zero-order valence-corrected chi connectivity index (χ0v) is 15.1.